The predicted octanol–water partition coefficient (Wildman–Crippen LogP) is 4.55. The van der Waals surface area contributed by atoms with Crippen LogP contribution in [0, 0.1) is 5.41 Å². The first-order chi connectivity index (χ1) is 18.8. The number of hydrogen-bond donors (Lipinski definition) is 1. The van der Waals surface area contributed by atoms with Crippen molar-refractivity contribution in [2.24, 2.45) is 10.1 Å². The Kier molecular flexibility index (Phi) is 7.48. The van der Waals surface area contributed by atoms with Gasteiger partial charge in [-0.3, -0.25) is 10.2 Å². The number of para-hydroxylation sites is 1. The third-order valence-corrected chi connectivity index (χ3v) is 7.54. The Morgan fingerprint density at radius 2 is 1.69 bits per heavy atom. The molecule has 0 unspecified atom stereocenters. The maximum atomic E-state index is 12.8. The number of hydrogen-bond acceptors (Lipinski definition) is 9. The van der Waals surface area contributed by atoms with E-state index in [9.17, 15) is 13.2 Å². The Morgan fingerprint density at radius 3 is 2.41 bits per heavy atom. The van der Waals surface area contributed by atoms with E-state index in [0.29, 0.717) is 16.4 Å². The van der Waals surface area contributed by atoms with Crippen LogP contribution in [0.1, 0.15) is 12.5 Å². The minimum Gasteiger partial charge on any atom is -0.490 e. The summed E-state index contributed by atoms with van der Waals surface area (Å²) in [6, 6.07) is 21.5. The van der Waals surface area contributed by atoms with Crippen LogP contribution in [0.5, 0.6) is 17.2 Å². The van der Waals surface area contributed by atoms with E-state index < -0.39 is 16.0 Å². The summed E-state index contributed by atoms with van der Waals surface area (Å²) in [6.45, 7) is 2.16. The number of hydrazone groups is 1. The fourth-order valence-corrected chi connectivity index (χ4v) is 5.38. The van der Waals surface area contributed by atoms with Crippen molar-refractivity contribution in [2.75, 3.05) is 13.2 Å². The minimum absolute atomic E-state index is 0.00296. The van der Waals surface area contributed by atoms with Gasteiger partial charge in [0.15, 0.2) is 17.3 Å². The summed E-state index contributed by atoms with van der Waals surface area (Å²) in [7, 11) is -4.08. The number of rotatable bonds is 9. The molecule has 0 bridgehead atoms. The molecule has 10 nitrogen and oxygen atoms in total. The van der Waals surface area contributed by atoms with Crippen molar-refractivity contribution in [1.82, 2.24) is 5.01 Å². The van der Waals surface area contributed by atoms with Crippen LogP contribution in [0.15, 0.2) is 99.4 Å². The first-order valence-electron chi connectivity index (χ1n) is 11.8. The van der Waals surface area contributed by atoms with Crippen molar-refractivity contribution in [3.05, 3.63) is 90.0 Å². The molecule has 0 aliphatic carbocycles. The van der Waals surface area contributed by atoms with E-state index in [4.69, 9.17) is 19.1 Å². The van der Waals surface area contributed by atoms with Crippen LogP contribution >= 0.6 is 11.8 Å². The average molecular weight is 563 g/mol. The number of amides is 1. The van der Waals surface area contributed by atoms with E-state index >= 15 is 0 Å². The fraction of sp³-hybridized carbons (Fsp3) is 0.111. The molecule has 0 radical (unpaired) electrons. The number of amidine groups is 2. The molecule has 3 aromatic carbocycles. The molecule has 1 amide bonds. The second kappa shape index (κ2) is 11.1. The maximum Gasteiger partial charge on any atom is 0.339 e. The fourth-order valence-electron chi connectivity index (χ4n) is 3.62. The minimum atomic E-state index is -4.08. The number of benzene rings is 3. The Labute approximate surface area is 229 Å². The van der Waals surface area contributed by atoms with E-state index in [-0.39, 0.29) is 46.2 Å². The summed E-state index contributed by atoms with van der Waals surface area (Å²) in [5.74, 6) is 0.104. The molecule has 0 saturated heterocycles. The van der Waals surface area contributed by atoms with Crippen LogP contribution in [0.2, 0.25) is 0 Å². The Balaban J connectivity index is 1.37. The average Bonchev–Trinajstić information content (AvgIpc) is 3.35. The van der Waals surface area contributed by atoms with Crippen molar-refractivity contribution in [3.63, 3.8) is 0 Å². The second-order valence-electron chi connectivity index (χ2n) is 8.11. The molecule has 2 heterocycles. The van der Waals surface area contributed by atoms with Gasteiger partial charge in [0.2, 0.25) is 5.17 Å². The lowest BCUT2D eigenvalue weighted by molar-refractivity contribution is -0.114. The number of aliphatic imine (C=N–C) groups is 1. The number of carbonyl (C=O) groups excluding carboxylic acids is 1. The summed E-state index contributed by atoms with van der Waals surface area (Å²) in [4.78, 5) is 16.9. The van der Waals surface area contributed by atoms with Crippen molar-refractivity contribution < 1.29 is 26.9 Å². The molecule has 2 aliphatic rings. The third kappa shape index (κ3) is 5.86. The highest BCUT2D eigenvalue weighted by molar-refractivity contribution is 8.27. The topological polar surface area (TPSA) is 131 Å². The lowest BCUT2D eigenvalue weighted by Gasteiger charge is -2.20. The molecule has 198 valence electrons. The van der Waals surface area contributed by atoms with E-state index in [1.165, 1.54) is 35.4 Å². The molecule has 39 heavy (non-hydrogen) atoms. The van der Waals surface area contributed by atoms with Gasteiger partial charge in [-0.25, -0.2) is 0 Å². The number of thioether (sulfide) groups is 1. The molecule has 2 aliphatic heterocycles. The molecule has 1 N–H and O–H groups in total. The first kappa shape index (κ1) is 26.2. The van der Waals surface area contributed by atoms with Gasteiger partial charge in [0.1, 0.15) is 22.3 Å². The normalized spacial score (nSPS) is 16.0. The number of ether oxygens (including phenoxy) is 2. The lowest BCUT2D eigenvalue weighted by atomic mass is 10.1. The highest BCUT2D eigenvalue weighted by Gasteiger charge is 2.35. The molecular formula is C27H22N4O6S2. The number of nitrogens with zero attached hydrogens (tertiary/aromatic N) is 3. The SMILES string of the molecule is CCOc1cc(/C=C2/C(=N)N3N=C(COc4ccccc4)SC3=NC2=O)ccc1OS(=O)(=O)c1ccccc1. The molecule has 0 fully saturated rings. The molecular weight excluding hydrogens is 540 g/mol. The van der Waals surface area contributed by atoms with Crippen LogP contribution in [-0.2, 0) is 14.9 Å². The van der Waals surface area contributed by atoms with E-state index in [0.717, 1.165) is 11.8 Å². The van der Waals surface area contributed by atoms with Crippen molar-refractivity contribution in [3.8, 4) is 17.2 Å². The lowest BCUT2D eigenvalue weighted by Crippen LogP contribution is -2.35. The summed E-state index contributed by atoms with van der Waals surface area (Å²) in [5, 5.41) is 15.1. The molecule has 0 atom stereocenters. The van der Waals surface area contributed by atoms with Crippen LogP contribution in [0.4, 0.5) is 0 Å². The Morgan fingerprint density at radius 1 is 0.974 bits per heavy atom. The number of nitrogens with one attached hydrogen (secondary N) is 1. The predicted molar refractivity (Wildman–Crippen MR) is 149 cm³/mol. The molecule has 0 aromatic heterocycles. The van der Waals surface area contributed by atoms with Crippen molar-refractivity contribution in [1.29, 1.82) is 5.41 Å². The Hall–Kier alpha value is -4.42. The molecule has 5 rings (SSSR count). The van der Waals surface area contributed by atoms with Gasteiger partial charge in [0.05, 0.1) is 12.2 Å². The summed E-state index contributed by atoms with van der Waals surface area (Å²) >= 11 is 1.16. The van der Waals surface area contributed by atoms with Crippen molar-refractivity contribution >= 4 is 49.9 Å². The van der Waals surface area contributed by atoms with Gasteiger partial charge in [-0.05, 0) is 66.7 Å². The van der Waals surface area contributed by atoms with Gasteiger partial charge < -0.3 is 13.7 Å². The van der Waals surface area contributed by atoms with Gasteiger partial charge in [0.25, 0.3) is 5.91 Å². The van der Waals surface area contributed by atoms with E-state index in [1.807, 2.05) is 30.3 Å². The zero-order chi connectivity index (χ0) is 27.4. The van der Waals surface area contributed by atoms with Gasteiger partial charge in [-0.2, -0.15) is 23.5 Å². The van der Waals surface area contributed by atoms with E-state index in [2.05, 4.69) is 10.1 Å². The van der Waals surface area contributed by atoms with Crippen LogP contribution in [0.3, 0.4) is 0 Å². The first-order valence-corrected chi connectivity index (χ1v) is 14.0. The highest BCUT2D eigenvalue weighted by atomic mass is 32.2. The standard InChI is InChI=1S/C27H22N4O6S2/c1-2-35-23-16-18(13-14-22(23)37-39(33,34)20-11-7-4-8-12-20)15-21-25(28)31-27(29-26(21)32)38-24(30-31)17-36-19-9-5-3-6-10-19/h3-16,28H,2,17H2,1H3/b21-15-,28-25?. The quantitative estimate of drug-likeness (QED) is 0.297. The molecule has 12 heteroatoms. The van der Waals surface area contributed by atoms with Gasteiger partial charge >= 0.3 is 10.1 Å². The number of carbonyl (C=O) groups is 1. The van der Waals surface area contributed by atoms with Crippen LogP contribution < -0.4 is 13.7 Å². The van der Waals surface area contributed by atoms with E-state index in [1.54, 1.807) is 31.2 Å². The second-order valence-corrected chi connectivity index (χ2v) is 10.7. The summed E-state index contributed by atoms with van der Waals surface area (Å²) < 4.78 is 42.1. The third-order valence-electron chi connectivity index (χ3n) is 5.41. The van der Waals surface area contributed by atoms with Gasteiger partial charge in [0, 0.05) is 0 Å². The highest BCUT2D eigenvalue weighted by Crippen LogP contribution is 2.33. The van der Waals surface area contributed by atoms with Crippen LogP contribution in [-0.4, -0.2) is 48.6 Å². The molecule has 0 spiro atoms. The maximum absolute atomic E-state index is 12.8. The molecule has 3 aromatic rings. The van der Waals surface area contributed by atoms with Gasteiger partial charge in [-0.1, -0.05) is 42.5 Å². The molecule has 0 saturated carbocycles. The zero-order valence-electron chi connectivity index (χ0n) is 20.6. The largest absolute Gasteiger partial charge is 0.490 e. The monoisotopic (exact) mass is 562 g/mol. The van der Waals surface area contributed by atoms with Crippen LogP contribution in [0.25, 0.3) is 6.08 Å². The smallest absolute Gasteiger partial charge is 0.339 e. The van der Waals surface area contributed by atoms with Gasteiger partial charge in [-0.15, -0.1) is 0 Å². The number of fused-ring (bicyclic) bond motifs is 1. The van der Waals surface area contributed by atoms with Crippen molar-refractivity contribution in [2.45, 2.75) is 11.8 Å². The summed E-state index contributed by atoms with van der Waals surface area (Å²) in [5.41, 5.74) is 0.500. The zero-order valence-corrected chi connectivity index (χ0v) is 22.2. The summed E-state index contributed by atoms with van der Waals surface area (Å²) in [6.07, 6.45) is 1.47. The Bertz CT molecular complexity index is 1620.